The van der Waals surface area contributed by atoms with Crippen molar-refractivity contribution in [3.05, 3.63) is 105 Å². The predicted molar refractivity (Wildman–Crippen MR) is 124 cm³/mol. The Morgan fingerprint density at radius 2 is 1.52 bits per heavy atom. The molecule has 0 unspecified atom stereocenters. The first kappa shape index (κ1) is 21.0. The number of hydrazone groups is 1. The summed E-state index contributed by atoms with van der Waals surface area (Å²) in [5.74, 6) is -0.526. The van der Waals surface area contributed by atoms with Gasteiger partial charge in [0.2, 0.25) is 12.3 Å². The molecule has 0 saturated carbocycles. The standard InChI is InChI=1S/C25H22BrN3O2/c1-16-3-9-19(10-4-16)23-22(27-24(30)20-11-5-17(2)6-12-20)25(31)28-29(23)15-18-7-13-21(26)14-8-18/h3-15,22-23H,1-2H3,(H-,27,28,30,31)/p+1/b29-15-/t22-,23+/m1/s1. The summed E-state index contributed by atoms with van der Waals surface area (Å²) in [6.07, 6.45) is 1.88. The Kier molecular flexibility index (Phi) is 6.00. The number of carbonyl (C=O) groups is 2. The first-order valence-corrected chi connectivity index (χ1v) is 10.8. The number of carbonyl (C=O) groups excluding carboxylic acids is 2. The molecule has 1 fully saturated rings. The number of rotatable bonds is 4. The van der Waals surface area contributed by atoms with Gasteiger partial charge in [-0.1, -0.05) is 63.5 Å². The third-order valence-electron chi connectivity index (χ3n) is 5.31. The van der Waals surface area contributed by atoms with Gasteiger partial charge < -0.3 is 5.32 Å². The van der Waals surface area contributed by atoms with Crippen LogP contribution in [0.4, 0.5) is 0 Å². The number of amides is 2. The summed E-state index contributed by atoms with van der Waals surface area (Å²) in [7, 11) is 0. The van der Waals surface area contributed by atoms with Gasteiger partial charge in [-0.3, -0.25) is 9.59 Å². The van der Waals surface area contributed by atoms with Crippen LogP contribution in [0.15, 0.2) is 77.3 Å². The topological polar surface area (TPSA) is 61.2 Å². The molecule has 2 N–H and O–H groups in total. The van der Waals surface area contributed by atoms with Crippen LogP contribution in [-0.2, 0) is 4.79 Å². The number of hydrogen-bond donors (Lipinski definition) is 2. The van der Waals surface area contributed by atoms with Crippen molar-refractivity contribution in [2.75, 3.05) is 0 Å². The molecule has 6 heteroatoms. The van der Waals surface area contributed by atoms with Crippen molar-refractivity contribution >= 4 is 34.0 Å². The summed E-state index contributed by atoms with van der Waals surface area (Å²) in [5.41, 5.74) is 7.51. The van der Waals surface area contributed by atoms with Crippen LogP contribution >= 0.6 is 15.9 Å². The Balaban J connectivity index is 1.69. The summed E-state index contributed by atoms with van der Waals surface area (Å²) >= 11 is 3.44. The zero-order valence-corrected chi connectivity index (χ0v) is 18.9. The second-order valence-electron chi connectivity index (χ2n) is 7.74. The zero-order chi connectivity index (χ0) is 22.0. The maximum atomic E-state index is 12.9. The van der Waals surface area contributed by atoms with Crippen LogP contribution in [0.2, 0.25) is 0 Å². The lowest BCUT2D eigenvalue weighted by atomic mass is 9.98. The molecule has 5 nitrogen and oxygen atoms in total. The molecule has 1 saturated heterocycles. The van der Waals surface area contributed by atoms with E-state index in [4.69, 9.17) is 0 Å². The van der Waals surface area contributed by atoms with E-state index >= 15 is 0 Å². The first-order valence-electron chi connectivity index (χ1n) is 10.0. The molecule has 156 valence electrons. The molecule has 1 aliphatic heterocycles. The fourth-order valence-electron chi connectivity index (χ4n) is 3.58. The molecule has 0 aliphatic carbocycles. The van der Waals surface area contributed by atoms with E-state index in [1.54, 1.807) is 16.8 Å². The summed E-state index contributed by atoms with van der Waals surface area (Å²) < 4.78 is 2.75. The monoisotopic (exact) mass is 476 g/mol. The maximum Gasteiger partial charge on any atom is 0.304 e. The van der Waals surface area contributed by atoms with Crippen LogP contribution in [0.25, 0.3) is 0 Å². The Morgan fingerprint density at radius 3 is 2.13 bits per heavy atom. The molecular formula is C25H23BrN3O2+. The Bertz CT molecular complexity index is 1140. The molecule has 4 rings (SSSR count). The highest BCUT2D eigenvalue weighted by Crippen LogP contribution is 2.26. The average molecular weight is 477 g/mol. The predicted octanol–water partition coefficient (Wildman–Crippen LogP) is 4.08. The molecule has 2 amide bonds. The minimum absolute atomic E-state index is 0.251. The second kappa shape index (κ2) is 8.86. The van der Waals surface area contributed by atoms with Crippen molar-refractivity contribution < 1.29 is 14.3 Å². The van der Waals surface area contributed by atoms with Crippen molar-refractivity contribution in [2.45, 2.75) is 25.9 Å². The Hall–Kier alpha value is -3.25. The van der Waals surface area contributed by atoms with Gasteiger partial charge in [-0.15, -0.1) is 10.1 Å². The van der Waals surface area contributed by atoms with E-state index in [2.05, 4.69) is 26.7 Å². The molecule has 0 radical (unpaired) electrons. The number of halogens is 1. The SMILES string of the molecule is Cc1ccc(C(=O)N[C@H]2C(=O)N/[N+](=C\c3ccc(Br)cc3)[C@H]2c2ccc(C)cc2)cc1. The van der Waals surface area contributed by atoms with Crippen LogP contribution < -0.4 is 10.7 Å². The molecule has 0 spiro atoms. The quantitative estimate of drug-likeness (QED) is 0.557. The fourth-order valence-corrected chi connectivity index (χ4v) is 3.85. The molecule has 2 atom stereocenters. The van der Waals surface area contributed by atoms with Crippen LogP contribution in [0, 0.1) is 13.8 Å². The lowest BCUT2D eigenvalue weighted by Gasteiger charge is -2.15. The van der Waals surface area contributed by atoms with Crippen molar-refractivity contribution in [3.8, 4) is 0 Å². The van der Waals surface area contributed by atoms with Crippen LogP contribution in [0.5, 0.6) is 0 Å². The average Bonchev–Trinajstić information content (AvgIpc) is 3.05. The molecule has 0 aromatic heterocycles. The van der Waals surface area contributed by atoms with Gasteiger partial charge in [0.05, 0.1) is 0 Å². The van der Waals surface area contributed by atoms with Gasteiger partial charge >= 0.3 is 5.91 Å². The lowest BCUT2D eigenvalue weighted by Crippen LogP contribution is -2.42. The number of benzene rings is 3. The van der Waals surface area contributed by atoms with E-state index in [1.165, 1.54) is 0 Å². The largest absolute Gasteiger partial charge is 0.334 e. The molecule has 3 aromatic carbocycles. The number of nitrogens with one attached hydrogen (secondary N) is 2. The smallest absolute Gasteiger partial charge is 0.304 e. The van der Waals surface area contributed by atoms with Gasteiger partial charge in [-0.05, 0) is 50.2 Å². The summed E-state index contributed by atoms with van der Waals surface area (Å²) in [6.45, 7) is 3.99. The van der Waals surface area contributed by atoms with Gasteiger partial charge in [0.15, 0.2) is 6.04 Å². The highest BCUT2D eigenvalue weighted by atomic mass is 79.9. The highest BCUT2D eigenvalue weighted by molar-refractivity contribution is 9.10. The van der Waals surface area contributed by atoms with Crippen molar-refractivity contribution in [3.63, 3.8) is 0 Å². The van der Waals surface area contributed by atoms with Crippen LogP contribution in [0.1, 0.15) is 38.7 Å². The van der Waals surface area contributed by atoms with E-state index in [1.807, 2.05) is 80.7 Å². The minimum atomic E-state index is -0.733. The Labute approximate surface area is 189 Å². The van der Waals surface area contributed by atoms with Gasteiger partial charge in [0, 0.05) is 21.2 Å². The maximum absolute atomic E-state index is 12.9. The molecule has 31 heavy (non-hydrogen) atoms. The van der Waals surface area contributed by atoms with Gasteiger partial charge in [0.25, 0.3) is 5.91 Å². The molecular weight excluding hydrogens is 454 g/mol. The van der Waals surface area contributed by atoms with Gasteiger partial charge in [0.1, 0.15) is 0 Å². The van der Waals surface area contributed by atoms with Crippen LogP contribution in [-0.4, -0.2) is 28.8 Å². The fraction of sp³-hybridized carbons (Fsp3) is 0.160. The Morgan fingerprint density at radius 1 is 0.935 bits per heavy atom. The normalized spacial score (nSPS) is 19.3. The third-order valence-corrected chi connectivity index (χ3v) is 5.84. The highest BCUT2D eigenvalue weighted by Gasteiger charge is 2.47. The third kappa shape index (κ3) is 4.75. The minimum Gasteiger partial charge on any atom is -0.334 e. The zero-order valence-electron chi connectivity index (χ0n) is 17.3. The van der Waals surface area contributed by atoms with Crippen molar-refractivity contribution in [2.24, 2.45) is 0 Å². The molecule has 1 aliphatic rings. The number of hydrogen-bond acceptors (Lipinski definition) is 2. The summed E-state index contributed by atoms with van der Waals surface area (Å²) in [4.78, 5) is 25.8. The van der Waals surface area contributed by atoms with E-state index in [0.717, 1.165) is 26.7 Å². The van der Waals surface area contributed by atoms with E-state index < -0.39 is 6.04 Å². The van der Waals surface area contributed by atoms with Crippen LogP contribution in [0.3, 0.4) is 0 Å². The van der Waals surface area contributed by atoms with E-state index in [-0.39, 0.29) is 17.9 Å². The number of nitrogens with zero attached hydrogens (tertiary/aromatic N) is 1. The summed E-state index contributed by atoms with van der Waals surface area (Å²) in [5, 5.41) is 2.93. The molecule has 0 bridgehead atoms. The van der Waals surface area contributed by atoms with Gasteiger partial charge in [-0.2, -0.15) is 0 Å². The second-order valence-corrected chi connectivity index (χ2v) is 8.65. The number of aryl methyl sites for hydroxylation is 2. The molecule has 3 aromatic rings. The van der Waals surface area contributed by atoms with E-state index in [9.17, 15) is 9.59 Å². The van der Waals surface area contributed by atoms with Crippen molar-refractivity contribution in [1.82, 2.24) is 10.7 Å². The summed E-state index contributed by atoms with van der Waals surface area (Å²) in [6, 6.07) is 22.0. The van der Waals surface area contributed by atoms with Gasteiger partial charge in [-0.25, -0.2) is 0 Å². The number of hydrazine groups is 1. The first-order chi connectivity index (χ1) is 14.9. The van der Waals surface area contributed by atoms with E-state index in [0.29, 0.717) is 5.56 Å². The molecule has 1 heterocycles. The lowest BCUT2D eigenvalue weighted by molar-refractivity contribution is -0.596. The van der Waals surface area contributed by atoms with Crippen molar-refractivity contribution in [1.29, 1.82) is 0 Å².